The first-order valence-electron chi connectivity index (χ1n) is 7.04. The summed E-state index contributed by atoms with van der Waals surface area (Å²) in [7, 11) is 0. The number of azo groups is 1. The first-order chi connectivity index (χ1) is 10.7. The average Bonchev–Trinajstić information content (AvgIpc) is 2.44. The van der Waals surface area contributed by atoms with E-state index in [0.717, 1.165) is 6.92 Å². The zero-order valence-corrected chi connectivity index (χ0v) is 13.2. The molecule has 1 aromatic rings. The minimum atomic E-state index is -2.27. The van der Waals surface area contributed by atoms with E-state index >= 15 is 0 Å². The number of esters is 1. The van der Waals surface area contributed by atoms with Crippen molar-refractivity contribution in [2.24, 2.45) is 10.2 Å². The van der Waals surface area contributed by atoms with E-state index in [1.807, 2.05) is 0 Å². The summed E-state index contributed by atoms with van der Waals surface area (Å²) in [6.07, 6.45) is -0.341. The minimum absolute atomic E-state index is 0.219. The van der Waals surface area contributed by atoms with Crippen LogP contribution in [0.5, 0.6) is 5.75 Å². The summed E-state index contributed by atoms with van der Waals surface area (Å²) in [6, 6.07) is 5.25. The summed E-state index contributed by atoms with van der Waals surface area (Å²) in [5.74, 6) is -3.00. The third-order valence-corrected chi connectivity index (χ3v) is 2.58. The highest BCUT2D eigenvalue weighted by Gasteiger charge is 2.18. The number of hydrogen-bond donors (Lipinski definition) is 2. The van der Waals surface area contributed by atoms with Crippen molar-refractivity contribution in [1.82, 2.24) is 0 Å². The molecule has 0 aliphatic rings. The molecule has 0 aliphatic heterocycles. The summed E-state index contributed by atoms with van der Waals surface area (Å²) >= 11 is 0. The number of nitrogens with zero attached hydrogens (tertiary/aromatic N) is 2. The van der Waals surface area contributed by atoms with Crippen LogP contribution in [0.2, 0.25) is 0 Å². The van der Waals surface area contributed by atoms with E-state index in [2.05, 4.69) is 10.2 Å². The van der Waals surface area contributed by atoms with E-state index in [1.165, 1.54) is 31.2 Å². The quantitative estimate of drug-likeness (QED) is 0.325. The van der Waals surface area contributed by atoms with Gasteiger partial charge in [0, 0.05) is 6.92 Å². The molecule has 0 bridgehead atoms. The summed E-state index contributed by atoms with van der Waals surface area (Å²) in [6.45, 7) is 4.50. The molecular weight excluding hydrogens is 304 g/mol. The van der Waals surface area contributed by atoms with Gasteiger partial charge in [0.15, 0.2) is 5.78 Å². The highest BCUT2D eigenvalue weighted by atomic mass is 16.8. The van der Waals surface area contributed by atoms with Crippen LogP contribution in [0.3, 0.4) is 0 Å². The van der Waals surface area contributed by atoms with Gasteiger partial charge in [-0.05, 0) is 38.1 Å². The van der Waals surface area contributed by atoms with Crippen molar-refractivity contribution in [3.63, 3.8) is 0 Å². The maximum atomic E-state index is 11.7. The van der Waals surface area contributed by atoms with Gasteiger partial charge in [0.1, 0.15) is 18.2 Å². The largest absolute Gasteiger partial charge is 0.466 e. The molecule has 0 amide bonds. The Hall–Kier alpha value is -2.32. The predicted molar refractivity (Wildman–Crippen MR) is 80.1 cm³/mol. The molecule has 1 rings (SSSR count). The number of rotatable bonds is 8. The van der Waals surface area contributed by atoms with Crippen LogP contribution in [0.1, 0.15) is 27.2 Å². The molecule has 0 radical (unpaired) electrons. The third kappa shape index (κ3) is 7.48. The van der Waals surface area contributed by atoms with Crippen LogP contribution in [0.25, 0.3) is 0 Å². The van der Waals surface area contributed by atoms with Crippen molar-refractivity contribution in [3.05, 3.63) is 24.3 Å². The Morgan fingerprint density at radius 2 is 1.87 bits per heavy atom. The highest BCUT2D eigenvalue weighted by Crippen LogP contribution is 2.21. The number of benzene rings is 1. The first kappa shape index (κ1) is 18.7. The lowest BCUT2D eigenvalue weighted by atomic mass is 10.2. The van der Waals surface area contributed by atoms with Crippen LogP contribution in [0, 0.1) is 0 Å². The monoisotopic (exact) mass is 324 g/mol. The van der Waals surface area contributed by atoms with Gasteiger partial charge < -0.3 is 19.7 Å². The molecule has 8 nitrogen and oxygen atoms in total. The second-order valence-corrected chi connectivity index (χ2v) is 4.87. The molecule has 0 aromatic heterocycles. The number of Topliss-reactive ketones (excluding diaryl/α,β-unsaturated/α-hetero) is 1. The van der Waals surface area contributed by atoms with Gasteiger partial charge in [-0.1, -0.05) is 0 Å². The van der Waals surface area contributed by atoms with Gasteiger partial charge in [0.2, 0.25) is 0 Å². The van der Waals surface area contributed by atoms with Gasteiger partial charge in [-0.2, -0.15) is 10.2 Å². The molecule has 1 atom stereocenters. The number of ketones is 1. The van der Waals surface area contributed by atoms with Crippen molar-refractivity contribution in [2.45, 2.75) is 39.2 Å². The Bertz CT molecular complexity index is 562. The Morgan fingerprint density at radius 3 is 2.39 bits per heavy atom. The van der Waals surface area contributed by atoms with Crippen molar-refractivity contribution in [1.29, 1.82) is 0 Å². The fourth-order valence-corrected chi connectivity index (χ4v) is 1.52. The van der Waals surface area contributed by atoms with Gasteiger partial charge in [-0.15, -0.1) is 0 Å². The number of hydrogen-bond acceptors (Lipinski definition) is 8. The lowest BCUT2D eigenvalue weighted by Gasteiger charge is -2.17. The van der Waals surface area contributed by atoms with Gasteiger partial charge in [0.05, 0.1) is 12.3 Å². The number of carbonyl (C=O) groups excluding carboxylic acids is 2. The van der Waals surface area contributed by atoms with Crippen molar-refractivity contribution < 1.29 is 29.3 Å². The highest BCUT2D eigenvalue weighted by molar-refractivity contribution is 5.98. The van der Waals surface area contributed by atoms with E-state index in [9.17, 15) is 9.59 Å². The molecule has 0 aliphatic carbocycles. The molecule has 126 valence electrons. The number of carbonyl (C=O) groups is 2. The fraction of sp³-hybridized carbons (Fsp3) is 0.467. The van der Waals surface area contributed by atoms with Crippen LogP contribution in [0.4, 0.5) is 5.69 Å². The van der Waals surface area contributed by atoms with E-state index in [1.54, 1.807) is 6.92 Å². The fourth-order valence-electron chi connectivity index (χ4n) is 1.52. The topological polar surface area (TPSA) is 118 Å². The zero-order chi connectivity index (χ0) is 17.5. The SMILES string of the molecule is CCOC(=O)CC(=O)C(C)N=Nc1ccc(OC(C)(O)O)cc1. The van der Waals surface area contributed by atoms with Gasteiger partial charge in [0.25, 0.3) is 0 Å². The van der Waals surface area contributed by atoms with Gasteiger partial charge in [-0.3, -0.25) is 9.59 Å². The lowest BCUT2D eigenvalue weighted by molar-refractivity contribution is -0.277. The van der Waals surface area contributed by atoms with Crippen LogP contribution in [-0.4, -0.2) is 40.6 Å². The lowest BCUT2D eigenvalue weighted by Crippen LogP contribution is -2.30. The maximum Gasteiger partial charge on any atom is 0.318 e. The number of aliphatic hydroxyl groups is 2. The summed E-state index contributed by atoms with van der Waals surface area (Å²) in [5, 5.41) is 25.9. The van der Waals surface area contributed by atoms with E-state index < -0.39 is 18.0 Å². The van der Waals surface area contributed by atoms with E-state index in [-0.39, 0.29) is 24.6 Å². The molecule has 0 spiro atoms. The molecule has 0 saturated carbocycles. The van der Waals surface area contributed by atoms with Crippen LogP contribution < -0.4 is 4.74 Å². The minimum Gasteiger partial charge on any atom is -0.466 e. The molecule has 8 heteroatoms. The molecule has 2 N–H and O–H groups in total. The molecule has 1 aromatic carbocycles. The molecule has 0 fully saturated rings. The van der Waals surface area contributed by atoms with Crippen LogP contribution in [-0.2, 0) is 14.3 Å². The van der Waals surface area contributed by atoms with E-state index in [4.69, 9.17) is 19.7 Å². The van der Waals surface area contributed by atoms with Crippen molar-refractivity contribution in [3.8, 4) is 5.75 Å². The Labute approximate surface area is 133 Å². The Balaban J connectivity index is 2.59. The molecule has 0 heterocycles. The van der Waals surface area contributed by atoms with Crippen molar-refractivity contribution >= 4 is 17.4 Å². The predicted octanol–water partition coefficient (Wildman–Crippen LogP) is 1.72. The normalized spacial score (nSPS) is 12.9. The Kier molecular flexibility index (Phi) is 6.80. The average molecular weight is 324 g/mol. The molecular formula is C15H20N2O6. The summed E-state index contributed by atoms with van der Waals surface area (Å²) < 4.78 is 9.51. The standard InChI is InChI=1S/C15H20N2O6/c1-4-22-14(19)9-13(18)10(2)16-17-11-5-7-12(8-6-11)23-15(3,20)21/h5-8,10,20-21H,4,9H2,1-3H3. The molecule has 23 heavy (non-hydrogen) atoms. The molecule has 1 unspecified atom stereocenters. The van der Waals surface area contributed by atoms with Gasteiger partial charge in [-0.25, -0.2) is 0 Å². The number of ether oxygens (including phenoxy) is 2. The van der Waals surface area contributed by atoms with Crippen LogP contribution in [0.15, 0.2) is 34.5 Å². The summed E-state index contributed by atoms with van der Waals surface area (Å²) in [5.41, 5.74) is 0.450. The third-order valence-electron chi connectivity index (χ3n) is 2.58. The zero-order valence-electron chi connectivity index (χ0n) is 13.2. The van der Waals surface area contributed by atoms with Gasteiger partial charge >= 0.3 is 11.9 Å². The second-order valence-electron chi connectivity index (χ2n) is 4.87. The first-order valence-corrected chi connectivity index (χ1v) is 7.04. The second kappa shape index (κ2) is 8.35. The maximum absolute atomic E-state index is 11.7. The Morgan fingerprint density at radius 1 is 1.26 bits per heavy atom. The summed E-state index contributed by atoms with van der Waals surface area (Å²) in [4.78, 5) is 22.9. The van der Waals surface area contributed by atoms with Crippen LogP contribution >= 0.6 is 0 Å². The smallest absolute Gasteiger partial charge is 0.318 e. The van der Waals surface area contributed by atoms with E-state index in [0.29, 0.717) is 5.69 Å². The molecule has 0 saturated heterocycles. The van der Waals surface area contributed by atoms with Crippen molar-refractivity contribution in [2.75, 3.05) is 6.61 Å².